The summed E-state index contributed by atoms with van der Waals surface area (Å²) in [5.41, 5.74) is 2.29. The van der Waals surface area contributed by atoms with Gasteiger partial charge < -0.3 is 4.74 Å². The number of Topliss-reactive ketones (excluding diaryl/α,β-unsaturated/α-hetero) is 1. The summed E-state index contributed by atoms with van der Waals surface area (Å²) in [6, 6.07) is 21.3. The van der Waals surface area contributed by atoms with Crippen molar-refractivity contribution in [1.82, 2.24) is 0 Å². The van der Waals surface area contributed by atoms with E-state index in [0.29, 0.717) is 16.9 Å². The van der Waals surface area contributed by atoms with Gasteiger partial charge in [0.1, 0.15) is 5.75 Å². The van der Waals surface area contributed by atoms with Crippen molar-refractivity contribution in [2.45, 2.75) is 6.10 Å². The van der Waals surface area contributed by atoms with Crippen LogP contribution in [0.1, 0.15) is 26.9 Å². The largest absolute Gasteiger partial charge is 0.480 e. The fourth-order valence-electron chi connectivity index (χ4n) is 2.77. The molecule has 0 saturated carbocycles. The molecule has 0 aliphatic carbocycles. The predicted octanol–water partition coefficient (Wildman–Crippen LogP) is 5.15. The van der Waals surface area contributed by atoms with E-state index in [1.165, 1.54) is 0 Å². The lowest BCUT2D eigenvalue weighted by Gasteiger charge is -2.28. The maximum atomic E-state index is 13.0. The van der Waals surface area contributed by atoms with E-state index in [2.05, 4.69) is 0 Å². The van der Waals surface area contributed by atoms with Crippen molar-refractivity contribution in [3.05, 3.63) is 93.7 Å². The van der Waals surface area contributed by atoms with Gasteiger partial charge in [-0.2, -0.15) is 0 Å². The summed E-state index contributed by atoms with van der Waals surface area (Å²) >= 11 is 1.61. The first-order valence-corrected chi connectivity index (χ1v) is 8.31. The molecular weight excluding hydrogens is 304 g/mol. The van der Waals surface area contributed by atoms with Crippen LogP contribution in [-0.4, -0.2) is 5.78 Å². The molecule has 0 N–H and O–H groups in total. The van der Waals surface area contributed by atoms with E-state index in [0.717, 1.165) is 10.4 Å². The van der Waals surface area contributed by atoms with Crippen LogP contribution in [0.5, 0.6) is 5.75 Å². The van der Waals surface area contributed by atoms with Gasteiger partial charge in [-0.15, -0.1) is 11.3 Å². The molecule has 3 heteroatoms. The molecule has 0 saturated heterocycles. The first-order valence-electron chi connectivity index (χ1n) is 7.43. The highest BCUT2D eigenvalue weighted by Gasteiger charge is 2.32. The molecule has 3 aromatic rings. The Morgan fingerprint density at radius 1 is 0.913 bits per heavy atom. The summed E-state index contributed by atoms with van der Waals surface area (Å²) < 4.78 is 6.17. The van der Waals surface area contributed by atoms with Gasteiger partial charge >= 0.3 is 0 Å². The molecule has 1 aliphatic rings. The highest BCUT2D eigenvalue weighted by Crippen LogP contribution is 2.39. The predicted molar refractivity (Wildman–Crippen MR) is 92.9 cm³/mol. The van der Waals surface area contributed by atoms with Crippen molar-refractivity contribution in [3.8, 4) is 5.75 Å². The molecule has 1 aliphatic heterocycles. The van der Waals surface area contributed by atoms with E-state index in [1.54, 1.807) is 11.3 Å². The minimum atomic E-state index is -0.374. The van der Waals surface area contributed by atoms with E-state index in [-0.39, 0.29) is 11.9 Å². The Morgan fingerprint density at radius 2 is 1.70 bits per heavy atom. The molecule has 2 aromatic carbocycles. The summed E-state index contributed by atoms with van der Waals surface area (Å²) in [5, 5.41) is 2.01. The van der Waals surface area contributed by atoms with Crippen LogP contribution in [0, 0.1) is 0 Å². The lowest BCUT2D eigenvalue weighted by molar-refractivity contribution is 0.0963. The van der Waals surface area contributed by atoms with Crippen LogP contribution in [0.4, 0.5) is 0 Å². The number of ketones is 1. The summed E-state index contributed by atoms with van der Waals surface area (Å²) in [7, 11) is 0. The van der Waals surface area contributed by atoms with E-state index < -0.39 is 0 Å². The Balaban J connectivity index is 1.87. The van der Waals surface area contributed by atoms with Gasteiger partial charge in [-0.1, -0.05) is 48.5 Å². The molecule has 0 amide bonds. The van der Waals surface area contributed by atoms with E-state index in [1.807, 2.05) is 78.2 Å². The van der Waals surface area contributed by atoms with Crippen molar-refractivity contribution >= 4 is 23.2 Å². The third-order valence-electron chi connectivity index (χ3n) is 3.86. The van der Waals surface area contributed by atoms with Crippen LogP contribution in [0.15, 0.2) is 77.7 Å². The Labute approximate surface area is 138 Å². The summed E-state index contributed by atoms with van der Waals surface area (Å²) in [6.45, 7) is 0. The summed E-state index contributed by atoms with van der Waals surface area (Å²) in [4.78, 5) is 14.0. The molecule has 4 rings (SSSR count). The number of hydrogen-bond donors (Lipinski definition) is 0. The fraction of sp³-hybridized carbons (Fsp3) is 0.0500. The monoisotopic (exact) mass is 318 g/mol. The molecule has 0 spiro atoms. The Kier molecular flexibility index (Phi) is 3.56. The average Bonchev–Trinajstić information content (AvgIpc) is 3.11. The van der Waals surface area contributed by atoms with Gasteiger partial charge in [-0.25, -0.2) is 0 Å². The first kappa shape index (κ1) is 14.0. The smallest absolute Gasteiger partial charge is 0.196 e. The number of rotatable bonds is 2. The number of para-hydroxylation sites is 1. The quantitative estimate of drug-likeness (QED) is 0.611. The van der Waals surface area contributed by atoms with Crippen LogP contribution < -0.4 is 4.74 Å². The van der Waals surface area contributed by atoms with Crippen LogP contribution in [0.2, 0.25) is 0 Å². The number of fused-ring (bicyclic) bond motifs is 1. The fourth-order valence-corrected chi connectivity index (χ4v) is 3.43. The summed E-state index contributed by atoms with van der Waals surface area (Å²) in [5.74, 6) is 0.684. The zero-order valence-corrected chi connectivity index (χ0v) is 13.1. The second-order valence-corrected chi connectivity index (χ2v) is 6.33. The van der Waals surface area contributed by atoms with Crippen LogP contribution in [0.25, 0.3) is 6.08 Å². The maximum absolute atomic E-state index is 13.0. The standard InChI is InChI=1S/C20H14O2S/c21-19-16-10-4-5-11-18(16)22-20(14-7-2-1-3-8-14)17(19)13-15-9-6-12-23-15/h1-13,20H. The van der Waals surface area contributed by atoms with Crippen LogP contribution in [-0.2, 0) is 0 Å². The molecule has 23 heavy (non-hydrogen) atoms. The third kappa shape index (κ3) is 2.60. The number of carbonyl (C=O) groups excluding carboxylic acids is 1. The molecule has 112 valence electrons. The minimum absolute atomic E-state index is 0.0362. The first-order chi connectivity index (χ1) is 11.3. The highest BCUT2D eigenvalue weighted by molar-refractivity contribution is 7.10. The van der Waals surface area contributed by atoms with Crippen LogP contribution in [0.3, 0.4) is 0 Å². The molecule has 1 atom stereocenters. The molecule has 0 bridgehead atoms. The van der Waals surface area contributed by atoms with Crippen molar-refractivity contribution in [2.75, 3.05) is 0 Å². The lowest BCUT2D eigenvalue weighted by atomic mass is 9.90. The topological polar surface area (TPSA) is 26.3 Å². The number of thiophene rings is 1. The van der Waals surface area contributed by atoms with Gasteiger partial charge in [-0.05, 0) is 35.2 Å². The molecular formula is C20H14O2S. The molecule has 1 aromatic heterocycles. The van der Waals surface area contributed by atoms with E-state index >= 15 is 0 Å². The van der Waals surface area contributed by atoms with Gasteiger partial charge in [0, 0.05) is 10.5 Å². The van der Waals surface area contributed by atoms with Gasteiger partial charge in [0.05, 0.1) is 5.56 Å². The number of carbonyl (C=O) groups is 1. The third-order valence-corrected chi connectivity index (χ3v) is 4.68. The van der Waals surface area contributed by atoms with Crippen molar-refractivity contribution in [2.24, 2.45) is 0 Å². The normalized spacial score (nSPS) is 18.5. The van der Waals surface area contributed by atoms with E-state index in [4.69, 9.17) is 4.74 Å². The highest BCUT2D eigenvalue weighted by atomic mass is 32.1. The molecule has 2 nitrogen and oxygen atoms in total. The van der Waals surface area contributed by atoms with Crippen molar-refractivity contribution in [1.29, 1.82) is 0 Å². The molecule has 1 unspecified atom stereocenters. The SMILES string of the molecule is O=C1C(=Cc2cccs2)C(c2ccccc2)Oc2ccccc21. The molecule has 2 heterocycles. The Hall–Kier alpha value is -2.65. The zero-order chi connectivity index (χ0) is 15.6. The van der Waals surface area contributed by atoms with Gasteiger partial charge in [0.25, 0.3) is 0 Å². The van der Waals surface area contributed by atoms with Gasteiger partial charge in [0.15, 0.2) is 11.9 Å². The van der Waals surface area contributed by atoms with Gasteiger partial charge in [-0.3, -0.25) is 4.79 Å². The second kappa shape index (κ2) is 5.86. The average molecular weight is 318 g/mol. The summed E-state index contributed by atoms with van der Waals surface area (Å²) in [6.07, 6.45) is 1.57. The van der Waals surface area contributed by atoms with Crippen LogP contribution >= 0.6 is 11.3 Å². The molecule has 0 radical (unpaired) electrons. The minimum Gasteiger partial charge on any atom is -0.480 e. The second-order valence-electron chi connectivity index (χ2n) is 5.35. The van der Waals surface area contributed by atoms with Gasteiger partial charge in [0.2, 0.25) is 0 Å². The zero-order valence-electron chi connectivity index (χ0n) is 12.3. The number of ether oxygens (including phenoxy) is 1. The Bertz CT molecular complexity index is 864. The number of hydrogen-bond acceptors (Lipinski definition) is 3. The van der Waals surface area contributed by atoms with E-state index in [9.17, 15) is 4.79 Å². The maximum Gasteiger partial charge on any atom is 0.196 e. The Morgan fingerprint density at radius 3 is 2.48 bits per heavy atom. The molecule has 0 fully saturated rings. The number of benzene rings is 2. The van der Waals surface area contributed by atoms with Crippen molar-refractivity contribution < 1.29 is 9.53 Å². The lowest BCUT2D eigenvalue weighted by Crippen LogP contribution is -2.23. The van der Waals surface area contributed by atoms with Crippen molar-refractivity contribution in [3.63, 3.8) is 0 Å².